The number of nitrogen functional groups attached to an aromatic ring is 1. The maximum atomic E-state index is 11.7. The van der Waals surface area contributed by atoms with Gasteiger partial charge < -0.3 is 20.9 Å². The second-order valence-corrected chi connectivity index (χ2v) is 3.73. The number of carbonyl (C=O) groups is 2. The first kappa shape index (κ1) is 14.2. The summed E-state index contributed by atoms with van der Waals surface area (Å²) in [6, 6.07) is 1.29. The largest absolute Gasteiger partial charge is 0.467 e. The number of rotatable bonds is 4. The molecular formula is C10H12ClN3O4. The summed E-state index contributed by atoms with van der Waals surface area (Å²) >= 11 is 5.63. The van der Waals surface area contributed by atoms with E-state index in [1.54, 1.807) is 0 Å². The summed E-state index contributed by atoms with van der Waals surface area (Å²) < 4.78 is 4.30. The quantitative estimate of drug-likeness (QED) is 0.507. The fourth-order valence-electron chi connectivity index (χ4n) is 1.14. The lowest BCUT2D eigenvalue weighted by Crippen LogP contribution is -2.37. The van der Waals surface area contributed by atoms with Crippen LogP contribution in [0.5, 0.6) is 0 Å². The Hall–Kier alpha value is -1.86. The van der Waals surface area contributed by atoms with Crippen molar-refractivity contribution in [2.75, 3.05) is 19.4 Å². The van der Waals surface area contributed by atoms with Crippen LogP contribution >= 0.6 is 11.6 Å². The van der Waals surface area contributed by atoms with E-state index in [2.05, 4.69) is 15.0 Å². The van der Waals surface area contributed by atoms with Crippen LogP contribution in [0.3, 0.4) is 0 Å². The number of anilines is 1. The van der Waals surface area contributed by atoms with E-state index >= 15 is 0 Å². The van der Waals surface area contributed by atoms with Gasteiger partial charge >= 0.3 is 5.97 Å². The molecule has 0 saturated heterocycles. The molecule has 1 aromatic heterocycles. The summed E-state index contributed by atoms with van der Waals surface area (Å²) in [7, 11) is 1.13. The number of nitrogens with zero attached hydrogens (tertiary/aromatic N) is 1. The van der Waals surface area contributed by atoms with E-state index in [0.717, 1.165) is 7.11 Å². The van der Waals surface area contributed by atoms with Crippen LogP contribution < -0.4 is 11.1 Å². The lowest BCUT2D eigenvalue weighted by molar-refractivity contribution is -0.149. The number of halogens is 1. The zero-order valence-electron chi connectivity index (χ0n) is 9.51. The lowest BCUT2D eigenvalue weighted by Gasteiger charge is -2.10. The van der Waals surface area contributed by atoms with Crippen LogP contribution in [0.4, 0.5) is 5.69 Å². The number of ether oxygens (including phenoxy) is 1. The minimum atomic E-state index is -1.43. The molecule has 0 aromatic carbocycles. The normalized spacial score (nSPS) is 11.7. The van der Waals surface area contributed by atoms with Crippen molar-refractivity contribution in [1.29, 1.82) is 0 Å². The first-order valence-electron chi connectivity index (χ1n) is 4.90. The summed E-state index contributed by atoms with van der Waals surface area (Å²) in [6.45, 7) is -0.287. The second kappa shape index (κ2) is 6.18. The van der Waals surface area contributed by atoms with E-state index < -0.39 is 18.0 Å². The molecule has 0 bridgehead atoms. The molecule has 0 aliphatic rings. The highest BCUT2D eigenvalue weighted by Gasteiger charge is 2.18. The van der Waals surface area contributed by atoms with Crippen molar-refractivity contribution in [1.82, 2.24) is 10.3 Å². The van der Waals surface area contributed by atoms with Crippen molar-refractivity contribution in [3.05, 3.63) is 23.0 Å². The van der Waals surface area contributed by atoms with Crippen LogP contribution in [-0.2, 0) is 9.53 Å². The number of aliphatic hydroxyl groups is 1. The molecule has 7 nitrogen and oxygen atoms in total. The maximum Gasteiger partial charge on any atom is 0.336 e. The molecule has 1 atom stereocenters. The van der Waals surface area contributed by atoms with Gasteiger partial charge in [0.15, 0.2) is 6.10 Å². The second-order valence-electron chi connectivity index (χ2n) is 3.34. The maximum absolute atomic E-state index is 11.7. The monoisotopic (exact) mass is 273 g/mol. The molecule has 4 N–H and O–H groups in total. The molecule has 0 fully saturated rings. The predicted octanol–water partition coefficient (Wildman–Crippen LogP) is -0.419. The summed E-state index contributed by atoms with van der Waals surface area (Å²) in [4.78, 5) is 26.3. The number of hydrogen-bond donors (Lipinski definition) is 3. The molecule has 0 radical (unpaired) electrons. The third-order valence-corrected chi connectivity index (χ3v) is 2.28. The Balaban J connectivity index is 2.66. The number of aromatic nitrogens is 1. The van der Waals surface area contributed by atoms with Gasteiger partial charge in [-0.15, -0.1) is 0 Å². The standard InChI is InChI=1S/C10H12ClN3O4/c1-18-10(17)7(15)4-14-9(16)5-2-8(11)13-3-6(5)12/h2-3,7,15H,4,12H2,1H3,(H,14,16). The van der Waals surface area contributed by atoms with E-state index in [1.165, 1.54) is 12.3 Å². The van der Waals surface area contributed by atoms with Crippen molar-refractivity contribution in [3.63, 3.8) is 0 Å². The van der Waals surface area contributed by atoms with Gasteiger partial charge in [0, 0.05) is 0 Å². The van der Waals surface area contributed by atoms with Gasteiger partial charge in [-0.2, -0.15) is 0 Å². The Morgan fingerprint density at radius 2 is 2.33 bits per heavy atom. The summed E-state index contributed by atoms with van der Waals surface area (Å²) in [6.07, 6.45) is -0.189. The third kappa shape index (κ3) is 3.57. The smallest absolute Gasteiger partial charge is 0.336 e. The minimum Gasteiger partial charge on any atom is -0.467 e. The van der Waals surface area contributed by atoms with Crippen LogP contribution in [0.25, 0.3) is 0 Å². The molecule has 0 spiro atoms. The van der Waals surface area contributed by atoms with Crippen molar-refractivity contribution >= 4 is 29.2 Å². The molecule has 1 amide bonds. The fraction of sp³-hybridized carbons (Fsp3) is 0.300. The predicted molar refractivity (Wildman–Crippen MR) is 64.0 cm³/mol. The van der Waals surface area contributed by atoms with Crippen LogP contribution in [0.2, 0.25) is 5.15 Å². The van der Waals surface area contributed by atoms with Crippen LogP contribution in [0.1, 0.15) is 10.4 Å². The number of nitrogens with two attached hydrogens (primary N) is 1. The number of esters is 1. The van der Waals surface area contributed by atoms with E-state index in [4.69, 9.17) is 17.3 Å². The Labute approximate surface area is 108 Å². The highest BCUT2D eigenvalue weighted by atomic mass is 35.5. The van der Waals surface area contributed by atoms with Gasteiger partial charge in [-0.05, 0) is 6.07 Å². The average Bonchev–Trinajstić information content (AvgIpc) is 2.37. The zero-order valence-corrected chi connectivity index (χ0v) is 10.3. The third-order valence-electron chi connectivity index (χ3n) is 2.08. The molecule has 0 aliphatic heterocycles. The van der Waals surface area contributed by atoms with Gasteiger partial charge in [0.05, 0.1) is 31.1 Å². The summed E-state index contributed by atoms with van der Waals surface area (Å²) in [5.74, 6) is -1.41. The van der Waals surface area contributed by atoms with Gasteiger partial charge in [0.25, 0.3) is 5.91 Å². The first-order valence-corrected chi connectivity index (χ1v) is 5.28. The Bertz CT molecular complexity index is 466. The Morgan fingerprint density at radius 1 is 1.67 bits per heavy atom. The molecule has 0 saturated carbocycles. The molecule has 0 aliphatic carbocycles. The highest BCUT2D eigenvalue weighted by molar-refractivity contribution is 6.29. The van der Waals surface area contributed by atoms with Gasteiger partial charge in [0.1, 0.15) is 5.15 Å². The van der Waals surface area contributed by atoms with Crippen molar-refractivity contribution < 1.29 is 19.4 Å². The topological polar surface area (TPSA) is 115 Å². The van der Waals surface area contributed by atoms with Gasteiger partial charge in [-0.1, -0.05) is 11.6 Å². The van der Waals surface area contributed by atoms with E-state index in [1.807, 2.05) is 0 Å². The molecule has 8 heteroatoms. The lowest BCUT2D eigenvalue weighted by atomic mass is 10.2. The number of carbonyl (C=O) groups excluding carboxylic acids is 2. The Kier molecular flexibility index (Phi) is 4.87. The van der Waals surface area contributed by atoms with E-state index in [0.29, 0.717) is 0 Å². The van der Waals surface area contributed by atoms with Gasteiger partial charge in [0.2, 0.25) is 0 Å². The molecular weight excluding hydrogens is 262 g/mol. The number of hydrogen-bond acceptors (Lipinski definition) is 6. The SMILES string of the molecule is COC(=O)C(O)CNC(=O)c1cc(Cl)ncc1N. The van der Waals surface area contributed by atoms with Gasteiger partial charge in [-0.3, -0.25) is 4.79 Å². The van der Waals surface area contributed by atoms with E-state index in [9.17, 15) is 14.7 Å². The molecule has 1 aromatic rings. The summed E-state index contributed by atoms with van der Waals surface area (Å²) in [5, 5.41) is 11.7. The van der Waals surface area contributed by atoms with Crippen LogP contribution in [0, 0.1) is 0 Å². The number of methoxy groups -OCH3 is 1. The van der Waals surface area contributed by atoms with Crippen molar-refractivity contribution in [2.45, 2.75) is 6.10 Å². The number of aliphatic hydroxyl groups excluding tert-OH is 1. The average molecular weight is 274 g/mol. The Morgan fingerprint density at radius 3 is 2.94 bits per heavy atom. The molecule has 1 unspecified atom stereocenters. The number of amides is 1. The number of nitrogens with one attached hydrogen (secondary N) is 1. The first-order chi connectivity index (χ1) is 8.45. The van der Waals surface area contributed by atoms with Crippen molar-refractivity contribution in [3.8, 4) is 0 Å². The molecule has 18 heavy (non-hydrogen) atoms. The fourth-order valence-corrected chi connectivity index (χ4v) is 1.30. The van der Waals surface area contributed by atoms with E-state index in [-0.39, 0.29) is 22.9 Å². The van der Waals surface area contributed by atoms with Gasteiger partial charge in [-0.25, -0.2) is 9.78 Å². The minimum absolute atomic E-state index is 0.114. The number of pyridine rings is 1. The van der Waals surface area contributed by atoms with Crippen LogP contribution in [-0.4, -0.2) is 41.7 Å². The highest BCUT2D eigenvalue weighted by Crippen LogP contribution is 2.14. The van der Waals surface area contributed by atoms with Crippen LogP contribution in [0.15, 0.2) is 12.3 Å². The molecule has 98 valence electrons. The molecule has 1 heterocycles. The molecule has 1 rings (SSSR count). The zero-order chi connectivity index (χ0) is 13.7. The summed E-state index contributed by atoms with van der Waals surface area (Å²) in [5.41, 5.74) is 5.81. The van der Waals surface area contributed by atoms with Crippen molar-refractivity contribution in [2.24, 2.45) is 0 Å².